The second-order valence-corrected chi connectivity index (χ2v) is 10.4. The molecule has 0 amide bonds. The Hall–Kier alpha value is -0.873. The Morgan fingerprint density at radius 2 is 2.17 bits per heavy atom. The van der Waals surface area contributed by atoms with Crippen molar-refractivity contribution in [1.82, 2.24) is 0 Å². The Kier molecular flexibility index (Phi) is 4.07. The van der Waals surface area contributed by atoms with Gasteiger partial charge in [-0.05, 0) is 44.6 Å². The fourth-order valence-electron chi connectivity index (χ4n) is 2.50. The van der Waals surface area contributed by atoms with Gasteiger partial charge in [0.05, 0.1) is 6.26 Å². The van der Waals surface area contributed by atoms with Crippen LogP contribution in [0.3, 0.4) is 0 Å². The lowest BCUT2D eigenvalue weighted by Crippen LogP contribution is -2.35. The van der Waals surface area contributed by atoms with Crippen LogP contribution in [0.2, 0.25) is 19.6 Å². The minimum absolute atomic E-state index is 0.0170. The third-order valence-electron chi connectivity index (χ3n) is 3.27. The molecule has 0 aliphatic heterocycles. The molecule has 1 fully saturated rings. The molecule has 0 aromatic carbocycles. The molecule has 18 heavy (non-hydrogen) atoms. The maximum absolute atomic E-state index is 12.1. The minimum atomic E-state index is -1.70. The second-order valence-electron chi connectivity index (χ2n) is 5.98. The Morgan fingerprint density at radius 3 is 2.72 bits per heavy atom. The smallest absolute Gasteiger partial charge is 0.184 e. The van der Waals surface area contributed by atoms with E-state index in [1.54, 1.807) is 6.26 Å². The van der Waals surface area contributed by atoms with Gasteiger partial charge in [0, 0.05) is 12.3 Å². The van der Waals surface area contributed by atoms with E-state index in [0.717, 1.165) is 25.0 Å². The molecule has 1 saturated carbocycles. The van der Waals surface area contributed by atoms with Gasteiger partial charge in [-0.15, -0.1) is 0 Å². The van der Waals surface area contributed by atoms with Crippen molar-refractivity contribution in [3.05, 3.63) is 24.2 Å². The lowest BCUT2D eigenvalue weighted by molar-refractivity contribution is -0.128. The number of carbonyl (C=O) groups excluding carboxylic acids is 1. The highest BCUT2D eigenvalue weighted by Gasteiger charge is 2.36. The zero-order chi connectivity index (χ0) is 13.2. The number of hydrogen-bond acceptors (Lipinski definition) is 3. The third-order valence-corrected chi connectivity index (χ3v) is 4.23. The van der Waals surface area contributed by atoms with Crippen LogP contribution in [-0.4, -0.2) is 14.1 Å². The van der Waals surface area contributed by atoms with E-state index in [1.165, 1.54) is 0 Å². The summed E-state index contributed by atoms with van der Waals surface area (Å²) in [4.78, 5) is 12.1. The lowest BCUT2D eigenvalue weighted by atomic mass is 9.83. The number of Topliss-reactive ketones (excluding diaryl/α,β-unsaturated/α-hetero) is 1. The van der Waals surface area contributed by atoms with Gasteiger partial charge in [0.1, 0.15) is 17.6 Å². The standard InChI is InChI=1S/C14H22O3Si/c1-18(2,3)17-14(13-9-6-10-16-13)11-7-4-5-8-12(11)15/h6,9-11,14H,4-5,7-8H2,1-3H3/t11-,14+/m0/s1. The van der Waals surface area contributed by atoms with Crippen LogP contribution in [0.4, 0.5) is 0 Å². The number of rotatable bonds is 4. The van der Waals surface area contributed by atoms with Crippen LogP contribution in [0.5, 0.6) is 0 Å². The minimum Gasteiger partial charge on any atom is -0.467 e. The van der Waals surface area contributed by atoms with Crippen LogP contribution >= 0.6 is 0 Å². The second kappa shape index (κ2) is 5.41. The van der Waals surface area contributed by atoms with E-state index in [1.807, 2.05) is 12.1 Å². The van der Waals surface area contributed by atoms with Crippen molar-refractivity contribution in [2.45, 2.75) is 51.4 Å². The molecule has 0 radical (unpaired) electrons. The SMILES string of the molecule is C[Si](C)(C)O[C@@H](c1ccco1)[C@H]1CCCCC1=O. The average Bonchev–Trinajstić information content (AvgIpc) is 2.79. The van der Waals surface area contributed by atoms with Crippen LogP contribution in [0.25, 0.3) is 0 Å². The van der Waals surface area contributed by atoms with Crippen molar-refractivity contribution >= 4 is 14.1 Å². The van der Waals surface area contributed by atoms with Crippen molar-refractivity contribution in [3.63, 3.8) is 0 Å². The first-order valence-corrected chi connectivity index (χ1v) is 10.1. The van der Waals surface area contributed by atoms with Gasteiger partial charge >= 0.3 is 0 Å². The van der Waals surface area contributed by atoms with E-state index in [-0.39, 0.29) is 12.0 Å². The van der Waals surface area contributed by atoms with Crippen molar-refractivity contribution in [2.24, 2.45) is 5.92 Å². The van der Waals surface area contributed by atoms with Crippen molar-refractivity contribution in [3.8, 4) is 0 Å². The third kappa shape index (κ3) is 3.33. The number of furan rings is 1. The molecule has 2 atom stereocenters. The molecule has 100 valence electrons. The van der Waals surface area contributed by atoms with Crippen molar-refractivity contribution in [2.75, 3.05) is 0 Å². The first kappa shape index (κ1) is 13.6. The fourth-order valence-corrected chi connectivity index (χ4v) is 3.54. The monoisotopic (exact) mass is 266 g/mol. The summed E-state index contributed by atoms with van der Waals surface area (Å²) >= 11 is 0. The summed E-state index contributed by atoms with van der Waals surface area (Å²) in [5.74, 6) is 1.12. The molecule has 0 saturated heterocycles. The first-order chi connectivity index (χ1) is 8.47. The molecule has 1 aliphatic carbocycles. The van der Waals surface area contributed by atoms with E-state index < -0.39 is 8.32 Å². The van der Waals surface area contributed by atoms with Crippen LogP contribution in [-0.2, 0) is 9.22 Å². The molecule has 4 heteroatoms. The largest absolute Gasteiger partial charge is 0.467 e. The molecule has 1 aliphatic rings. The maximum atomic E-state index is 12.1. The highest BCUT2D eigenvalue weighted by molar-refractivity contribution is 6.69. The molecule has 1 heterocycles. The maximum Gasteiger partial charge on any atom is 0.184 e. The van der Waals surface area contributed by atoms with E-state index >= 15 is 0 Å². The van der Waals surface area contributed by atoms with Gasteiger partial charge in [0.15, 0.2) is 8.32 Å². The zero-order valence-corrected chi connectivity index (χ0v) is 12.4. The average molecular weight is 266 g/mol. The topological polar surface area (TPSA) is 39.4 Å². The lowest BCUT2D eigenvalue weighted by Gasteiger charge is -2.32. The summed E-state index contributed by atoms with van der Waals surface area (Å²) < 4.78 is 11.7. The Labute approximate surface area is 110 Å². The van der Waals surface area contributed by atoms with Gasteiger partial charge in [0.2, 0.25) is 0 Å². The van der Waals surface area contributed by atoms with Crippen LogP contribution in [0.15, 0.2) is 22.8 Å². The van der Waals surface area contributed by atoms with Gasteiger partial charge in [-0.25, -0.2) is 0 Å². The number of carbonyl (C=O) groups is 1. The Morgan fingerprint density at radius 1 is 1.39 bits per heavy atom. The molecule has 3 nitrogen and oxygen atoms in total. The molecule has 0 N–H and O–H groups in total. The van der Waals surface area contributed by atoms with E-state index in [4.69, 9.17) is 8.84 Å². The predicted molar refractivity (Wildman–Crippen MR) is 72.8 cm³/mol. The normalized spacial score (nSPS) is 23.1. The van der Waals surface area contributed by atoms with E-state index in [0.29, 0.717) is 12.2 Å². The molecule has 1 aromatic heterocycles. The van der Waals surface area contributed by atoms with Crippen molar-refractivity contribution < 1.29 is 13.6 Å². The van der Waals surface area contributed by atoms with E-state index in [2.05, 4.69) is 19.6 Å². The summed E-state index contributed by atoms with van der Waals surface area (Å²) in [6.45, 7) is 6.45. The van der Waals surface area contributed by atoms with Gasteiger partial charge in [0.25, 0.3) is 0 Å². The molecule has 0 bridgehead atoms. The molecule has 1 aromatic rings. The summed E-state index contributed by atoms with van der Waals surface area (Å²) in [6, 6.07) is 3.79. The summed E-state index contributed by atoms with van der Waals surface area (Å²) in [6.07, 6.45) is 5.23. The van der Waals surface area contributed by atoms with Crippen molar-refractivity contribution in [1.29, 1.82) is 0 Å². The predicted octanol–water partition coefficient (Wildman–Crippen LogP) is 3.93. The highest BCUT2D eigenvalue weighted by atomic mass is 28.4. The van der Waals surface area contributed by atoms with Crippen LogP contribution in [0.1, 0.15) is 37.5 Å². The summed E-state index contributed by atoms with van der Waals surface area (Å²) in [5, 5.41) is 0. The Bertz CT molecular complexity index is 392. The van der Waals surface area contributed by atoms with Crippen LogP contribution < -0.4 is 0 Å². The molecule has 2 rings (SSSR count). The quantitative estimate of drug-likeness (QED) is 0.775. The van der Waals surface area contributed by atoms with Gasteiger partial charge in [-0.3, -0.25) is 4.79 Å². The molecular formula is C14H22O3Si. The fraction of sp³-hybridized carbons (Fsp3) is 0.643. The first-order valence-electron chi connectivity index (χ1n) is 6.71. The Balaban J connectivity index is 2.21. The van der Waals surface area contributed by atoms with Gasteiger partial charge < -0.3 is 8.84 Å². The molecule has 0 unspecified atom stereocenters. The van der Waals surface area contributed by atoms with Crippen LogP contribution in [0, 0.1) is 5.92 Å². The molecule has 0 spiro atoms. The number of hydrogen-bond donors (Lipinski definition) is 0. The van der Waals surface area contributed by atoms with Gasteiger partial charge in [-0.2, -0.15) is 0 Å². The number of ketones is 1. The highest BCUT2D eigenvalue weighted by Crippen LogP contribution is 2.36. The summed E-state index contributed by atoms with van der Waals surface area (Å²) in [5.41, 5.74) is 0. The summed E-state index contributed by atoms with van der Waals surface area (Å²) in [7, 11) is -1.70. The zero-order valence-electron chi connectivity index (χ0n) is 11.4. The van der Waals surface area contributed by atoms with E-state index in [9.17, 15) is 4.79 Å². The molecular weight excluding hydrogens is 244 g/mol. The van der Waals surface area contributed by atoms with Gasteiger partial charge in [-0.1, -0.05) is 6.42 Å².